The summed E-state index contributed by atoms with van der Waals surface area (Å²) in [6, 6.07) is 0. The number of aliphatic imine (C=N–C) groups is 1. The van der Waals surface area contributed by atoms with Gasteiger partial charge in [0.2, 0.25) is 5.82 Å². The van der Waals surface area contributed by atoms with Gasteiger partial charge in [0.1, 0.15) is 0 Å². The highest BCUT2D eigenvalue weighted by molar-refractivity contribution is 5.79. The Kier molecular flexibility index (Phi) is 2.47. The van der Waals surface area contributed by atoms with Crippen molar-refractivity contribution in [1.82, 2.24) is 5.32 Å². The number of nitrogens with one attached hydrogen (secondary N) is 1. The Morgan fingerprint density at radius 3 is 3.09 bits per heavy atom. The third-order valence-corrected chi connectivity index (χ3v) is 1.08. The smallest absolute Gasteiger partial charge is 0.216 e. The molecule has 1 N–H and O–H groups in total. The molecule has 11 heavy (non-hydrogen) atoms. The maximum absolute atomic E-state index is 10.0. The van der Waals surface area contributed by atoms with Crippen molar-refractivity contribution in [3.05, 3.63) is 17.8 Å². The predicted molar refractivity (Wildman–Crippen MR) is 40.5 cm³/mol. The molecule has 0 amide bonds. The summed E-state index contributed by atoms with van der Waals surface area (Å²) in [5.74, 6) is 2.42. The van der Waals surface area contributed by atoms with E-state index in [9.17, 15) is 4.79 Å². The molecule has 0 atom stereocenters. The zero-order valence-corrected chi connectivity index (χ0v) is 6.13. The van der Waals surface area contributed by atoms with Crippen LogP contribution in [-0.4, -0.2) is 18.8 Å². The van der Waals surface area contributed by atoms with Gasteiger partial charge in [-0.15, -0.1) is 0 Å². The molecule has 4 heteroatoms. The molecule has 1 aliphatic rings. The molecule has 1 aliphatic heterocycles. The van der Waals surface area contributed by atoms with Gasteiger partial charge in [0, 0.05) is 6.20 Å². The Bertz CT molecular complexity index is 249. The van der Waals surface area contributed by atoms with E-state index in [2.05, 4.69) is 10.3 Å². The number of rotatable bonds is 2. The highest BCUT2D eigenvalue weighted by atomic mass is 16.5. The van der Waals surface area contributed by atoms with E-state index in [1.165, 1.54) is 6.21 Å². The normalized spacial score (nSPS) is 15.0. The van der Waals surface area contributed by atoms with Crippen molar-refractivity contribution in [2.45, 2.75) is 6.92 Å². The average Bonchev–Trinajstić information content (AvgIpc) is 2.07. The van der Waals surface area contributed by atoms with E-state index < -0.39 is 0 Å². The first-order valence-electron chi connectivity index (χ1n) is 3.25. The monoisotopic (exact) mass is 152 g/mol. The molecular weight excluding hydrogens is 144 g/mol. The van der Waals surface area contributed by atoms with Gasteiger partial charge in [0.15, 0.2) is 11.7 Å². The number of hydrogen-bond acceptors (Lipinski definition) is 4. The molecule has 4 nitrogen and oxygen atoms in total. The number of nitrogens with zero attached hydrogens (tertiary/aromatic N) is 1. The molecule has 0 saturated carbocycles. The highest BCUT2D eigenvalue weighted by Crippen LogP contribution is 1.99. The van der Waals surface area contributed by atoms with E-state index in [0.717, 1.165) is 0 Å². The van der Waals surface area contributed by atoms with Gasteiger partial charge in [0.25, 0.3) is 0 Å². The largest absolute Gasteiger partial charge is 0.491 e. The van der Waals surface area contributed by atoms with E-state index in [0.29, 0.717) is 12.4 Å². The molecule has 0 spiro atoms. The third-order valence-electron chi connectivity index (χ3n) is 1.08. The lowest BCUT2D eigenvalue weighted by molar-refractivity contribution is 0.249. The van der Waals surface area contributed by atoms with Crippen LogP contribution in [-0.2, 0) is 9.53 Å². The molecule has 0 bridgehead atoms. The minimum Gasteiger partial charge on any atom is -0.491 e. The SMILES string of the molecule is CCOC1=CNC(=C=O)N=C1. The van der Waals surface area contributed by atoms with Gasteiger partial charge in [-0.1, -0.05) is 0 Å². The molecule has 0 aliphatic carbocycles. The van der Waals surface area contributed by atoms with E-state index in [1.807, 2.05) is 6.92 Å². The fraction of sp³-hybridized carbons (Fsp3) is 0.286. The van der Waals surface area contributed by atoms with Crippen LogP contribution in [0.15, 0.2) is 22.8 Å². The lowest BCUT2D eigenvalue weighted by Gasteiger charge is -2.07. The molecule has 0 saturated heterocycles. The predicted octanol–water partition coefficient (Wildman–Crippen LogP) is 0.211. The molecule has 0 aromatic carbocycles. The summed E-state index contributed by atoms with van der Waals surface area (Å²) in [5.41, 5.74) is 0. The van der Waals surface area contributed by atoms with Gasteiger partial charge < -0.3 is 10.1 Å². The van der Waals surface area contributed by atoms with E-state index >= 15 is 0 Å². The average molecular weight is 152 g/mol. The van der Waals surface area contributed by atoms with Crippen molar-refractivity contribution in [3.63, 3.8) is 0 Å². The summed E-state index contributed by atoms with van der Waals surface area (Å²) in [4.78, 5) is 13.7. The summed E-state index contributed by atoms with van der Waals surface area (Å²) in [5, 5.41) is 2.61. The van der Waals surface area contributed by atoms with Crippen LogP contribution in [0.1, 0.15) is 6.92 Å². The lowest BCUT2D eigenvalue weighted by atomic mass is 10.5. The summed E-state index contributed by atoms with van der Waals surface area (Å²) in [6.45, 7) is 2.46. The zero-order valence-electron chi connectivity index (χ0n) is 6.13. The van der Waals surface area contributed by atoms with E-state index in [-0.39, 0.29) is 5.82 Å². The van der Waals surface area contributed by atoms with Crippen LogP contribution >= 0.6 is 0 Å². The van der Waals surface area contributed by atoms with Gasteiger partial charge in [-0.05, 0) is 6.92 Å². The van der Waals surface area contributed by atoms with Gasteiger partial charge in [-0.2, -0.15) is 0 Å². The number of hydrogen-bond donors (Lipinski definition) is 1. The van der Waals surface area contributed by atoms with Crippen LogP contribution in [0.25, 0.3) is 0 Å². The van der Waals surface area contributed by atoms with Crippen molar-refractivity contribution in [2.24, 2.45) is 4.99 Å². The van der Waals surface area contributed by atoms with Crippen LogP contribution in [0.3, 0.4) is 0 Å². The molecule has 1 rings (SSSR count). The fourth-order valence-corrected chi connectivity index (χ4v) is 0.644. The Hall–Kier alpha value is -1.54. The first-order chi connectivity index (χ1) is 5.36. The van der Waals surface area contributed by atoms with Crippen LogP contribution in [0, 0.1) is 0 Å². The van der Waals surface area contributed by atoms with Crippen LogP contribution in [0.4, 0.5) is 0 Å². The van der Waals surface area contributed by atoms with Crippen molar-refractivity contribution in [3.8, 4) is 0 Å². The molecular formula is C7H8N2O2. The van der Waals surface area contributed by atoms with Gasteiger partial charge in [0.05, 0.1) is 12.8 Å². The van der Waals surface area contributed by atoms with Gasteiger partial charge in [-0.3, -0.25) is 0 Å². The third kappa shape index (κ3) is 1.95. The first-order valence-corrected chi connectivity index (χ1v) is 3.25. The molecule has 0 aromatic heterocycles. The Morgan fingerprint density at radius 2 is 2.64 bits per heavy atom. The molecule has 58 valence electrons. The molecule has 1 heterocycles. The maximum Gasteiger partial charge on any atom is 0.216 e. The van der Waals surface area contributed by atoms with Crippen LogP contribution in [0.5, 0.6) is 0 Å². The molecule has 0 unspecified atom stereocenters. The summed E-state index contributed by atoms with van der Waals surface area (Å²) >= 11 is 0. The van der Waals surface area contributed by atoms with E-state index in [1.54, 1.807) is 12.1 Å². The van der Waals surface area contributed by atoms with Crippen LogP contribution < -0.4 is 5.32 Å². The zero-order chi connectivity index (χ0) is 8.10. The van der Waals surface area contributed by atoms with Crippen molar-refractivity contribution in [2.75, 3.05) is 6.61 Å². The van der Waals surface area contributed by atoms with Crippen LogP contribution in [0.2, 0.25) is 0 Å². The summed E-state index contributed by atoms with van der Waals surface area (Å²) < 4.78 is 5.08. The first kappa shape index (κ1) is 7.57. The van der Waals surface area contributed by atoms with E-state index in [4.69, 9.17) is 4.74 Å². The topological polar surface area (TPSA) is 50.7 Å². The second-order valence-corrected chi connectivity index (χ2v) is 1.83. The maximum atomic E-state index is 10.0. The number of carbonyl (C=O) groups excluding carboxylic acids is 1. The minimum absolute atomic E-state index is 0.174. The quantitative estimate of drug-likeness (QED) is 0.575. The van der Waals surface area contributed by atoms with Crippen molar-refractivity contribution >= 4 is 12.2 Å². The molecule has 0 fully saturated rings. The molecule has 0 radical (unpaired) electrons. The second-order valence-electron chi connectivity index (χ2n) is 1.83. The lowest BCUT2D eigenvalue weighted by Crippen LogP contribution is -2.12. The Labute approximate surface area is 64.3 Å². The number of ether oxygens (including phenoxy) is 1. The van der Waals surface area contributed by atoms with Gasteiger partial charge in [-0.25, -0.2) is 9.79 Å². The fourth-order valence-electron chi connectivity index (χ4n) is 0.644. The summed E-state index contributed by atoms with van der Waals surface area (Å²) in [7, 11) is 0. The number of allylic oxidation sites excluding steroid dienone is 1. The van der Waals surface area contributed by atoms with Crippen molar-refractivity contribution in [1.29, 1.82) is 0 Å². The standard InChI is InChI=1S/C7H8N2O2/c1-2-11-6-3-8-7(5-10)9-4-6/h3-4,8H,2H2,1H3. The highest BCUT2D eigenvalue weighted by Gasteiger charge is 2.00. The minimum atomic E-state index is 0.174. The van der Waals surface area contributed by atoms with Crippen molar-refractivity contribution < 1.29 is 9.53 Å². The second kappa shape index (κ2) is 3.58. The summed E-state index contributed by atoms with van der Waals surface area (Å²) in [6.07, 6.45) is 3.04. The van der Waals surface area contributed by atoms with Gasteiger partial charge >= 0.3 is 0 Å². The Morgan fingerprint density at radius 1 is 1.82 bits per heavy atom. The molecule has 0 aromatic rings. The Balaban J connectivity index is 2.59.